The van der Waals surface area contributed by atoms with E-state index in [0.29, 0.717) is 11.3 Å². The second-order valence-corrected chi connectivity index (χ2v) is 8.27. The molecule has 24 heavy (non-hydrogen) atoms. The molecule has 1 saturated heterocycles. The number of carbonyl (C=O) groups excluding carboxylic acids is 1. The third-order valence-electron chi connectivity index (χ3n) is 4.11. The molecule has 2 rings (SSSR count). The number of anilines is 1. The predicted molar refractivity (Wildman–Crippen MR) is 87.5 cm³/mol. The highest BCUT2D eigenvalue weighted by molar-refractivity contribution is 7.92. The quantitative estimate of drug-likeness (QED) is 0.802. The van der Waals surface area contributed by atoms with Crippen LogP contribution in [0.15, 0.2) is 24.3 Å². The third kappa shape index (κ3) is 3.21. The first-order valence-electron chi connectivity index (χ1n) is 7.06. The van der Waals surface area contributed by atoms with Gasteiger partial charge in [-0.3, -0.25) is 9.69 Å². The van der Waals surface area contributed by atoms with Crippen molar-refractivity contribution in [3.8, 4) is 12.3 Å². The van der Waals surface area contributed by atoms with Crippen LogP contribution in [0.4, 0.5) is 10.5 Å². The molecular weight excluding hydrogens is 334 g/mol. The zero-order valence-electron chi connectivity index (χ0n) is 13.2. The lowest BCUT2D eigenvalue weighted by molar-refractivity contribution is -0.140. The Labute approximate surface area is 140 Å². The van der Waals surface area contributed by atoms with Crippen molar-refractivity contribution in [2.45, 2.75) is 24.2 Å². The van der Waals surface area contributed by atoms with E-state index in [-0.39, 0.29) is 13.0 Å². The van der Waals surface area contributed by atoms with Gasteiger partial charge >= 0.3 is 12.1 Å². The summed E-state index contributed by atoms with van der Waals surface area (Å²) < 4.78 is 26.8. The molecule has 1 heterocycles. The molecule has 8 heteroatoms. The monoisotopic (exact) mass is 351 g/mol. The maximum absolute atomic E-state index is 12.0. The average molecular weight is 351 g/mol. The van der Waals surface area contributed by atoms with Gasteiger partial charge in [0.15, 0.2) is 14.6 Å². The van der Waals surface area contributed by atoms with Crippen molar-refractivity contribution >= 4 is 27.6 Å². The molecular formula is C16H17NO6S. The second-order valence-electron chi connectivity index (χ2n) is 5.82. The van der Waals surface area contributed by atoms with Crippen LogP contribution < -0.4 is 4.90 Å². The van der Waals surface area contributed by atoms with Gasteiger partial charge < -0.3 is 9.84 Å². The standard InChI is InChI=1S/C16H17NO6S/c1-4-11-5-7-12(8-6-11)17-10-13(23-15(17)20)9-16(2,14(18)19)24(3,21)22/h1,5-8,13H,9-10H2,2-3H3,(H,18,19)/t13-,16+/m0/s1. The van der Waals surface area contributed by atoms with Crippen molar-refractivity contribution in [3.63, 3.8) is 0 Å². The molecule has 1 aromatic carbocycles. The van der Waals surface area contributed by atoms with Crippen LogP contribution in [0.2, 0.25) is 0 Å². The summed E-state index contributed by atoms with van der Waals surface area (Å²) in [6, 6.07) is 6.61. The van der Waals surface area contributed by atoms with Crippen molar-refractivity contribution < 1.29 is 27.9 Å². The third-order valence-corrected chi connectivity index (χ3v) is 6.09. The lowest BCUT2D eigenvalue weighted by Crippen LogP contribution is -2.46. The highest BCUT2D eigenvalue weighted by atomic mass is 32.2. The van der Waals surface area contributed by atoms with Gasteiger partial charge in [-0.25, -0.2) is 13.2 Å². The summed E-state index contributed by atoms with van der Waals surface area (Å²) in [6.07, 6.45) is 4.30. The number of carboxylic acid groups (broad SMARTS) is 1. The largest absolute Gasteiger partial charge is 0.480 e. The number of terminal acetylenes is 1. The van der Waals surface area contributed by atoms with E-state index < -0.39 is 32.8 Å². The number of cyclic esters (lactones) is 1. The minimum absolute atomic E-state index is 0.0621. The molecule has 0 aromatic heterocycles. The van der Waals surface area contributed by atoms with Crippen molar-refractivity contribution in [3.05, 3.63) is 29.8 Å². The Morgan fingerprint density at radius 1 is 1.46 bits per heavy atom. The van der Waals surface area contributed by atoms with Crippen LogP contribution in [0.25, 0.3) is 0 Å². The van der Waals surface area contributed by atoms with Crippen LogP contribution in [-0.4, -0.2) is 49.2 Å². The number of benzene rings is 1. The van der Waals surface area contributed by atoms with Gasteiger partial charge in [0.25, 0.3) is 0 Å². The van der Waals surface area contributed by atoms with Crippen LogP contribution in [0.5, 0.6) is 0 Å². The number of aliphatic carboxylic acids is 1. The topological polar surface area (TPSA) is 101 Å². The summed E-state index contributed by atoms with van der Waals surface area (Å²) >= 11 is 0. The molecule has 1 aromatic rings. The van der Waals surface area contributed by atoms with Crippen LogP contribution >= 0.6 is 0 Å². The van der Waals surface area contributed by atoms with Gasteiger partial charge in [-0.2, -0.15) is 0 Å². The lowest BCUT2D eigenvalue weighted by atomic mass is 10.0. The number of amides is 1. The van der Waals surface area contributed by atoms with E-state index in [2.05, 4.69) is 5.92 Å². The number of hydrogen-bond donors (Lipinski definition) is 1. The van der Waals surface area contributed by atoms with Gasteiger partial charge in [0.05, 0.1) is 6.54 Å². The summed E-state index contributed by atoms with van der Waals surface area (Å²) in [4.78, 5) is 24.7. The summed E-state index contributed by atoms with van der Waals surface area (Å²) in [5, 5.41) is 9.28. The van der Waals surface area contributed by atoms with E-state index >= 15 is 0 Å². The van der Waals surface area contributed by atoms with Gasteiger partial charge in [0, 0.05) is 23.9 Å². The summed E-state index contributed by atoms with van der Waals surface area (Å²) in [7, 11) is -3.89. The van der Waals surface area contributed by atoms with Crippen molar-refractivity contribution in [1.82, 2.24) is 0 Å². The number of sulfone groups is 1. The van der Waals surface area contributed by atoms with E-state index in [0.717, 1.165) is 13.2 Å². The summed E-state index contributed by atoms with van der Waals surface area (Å²) in [6.45, 7) is 1.18. The van der Waals surface area contributed by atoms with Gasteiger partial charge in [-0.15, -0.1) is 6.42 Å². The fourth-order valence-electron chi connectivity index (χ4n) is 2.41. The Hall–Kier alpha value is -2.53. The zero-order valence-corrected chi connectivity index (χ0v) is 14.0. The van der Waals surface area contributed by atoms with E-state index in [9.17, 15) is 23.1 Å². The first-order chi connectivity index (χ1) is 11.1. The Kier molecular flexibility index (Phi) is 4.58. The van der Waals surface area contributed by atoms with Gasteiger partial charge in [-0.05, 0) is 31.2 Å². The van der Waals surface area contributed by atoms with E-state index in [1.165, 1.54) is 4.90 Å². The summed E-state index contributed by atoms with van der Waals surface area (Å²) in [5.74, 6) is 0.984. The molecule has 0 saturated carbocycles. The number of carboxylic acids is 1. The van der Waals surface area contributed by atoms with Crippen LogP contribution in [0.3, 0.4) is 0 Å². The minimum Gasteiger partial charge on any atom is -0.480 e. The molecule has 1 N–H and O–H groups in total. The van der Waals surface area contributed by atoms with Gasteiger partial charge in [-0.1, -0.05) is 5.92 Å². The van der Waals surface area contributed by atoms with E-state index in [1.807, 2.05) is 0 Å². The molecule has 1 amide bonds. The molecule has 1 fully saturated rings. The lowest BCUT2D eigenvalue weighted by Gasteiger charge is -2.24. The molecule has 1 aliphatic heterocycles. The van der Waals surface area contributed by atoms with Crippen molar-refractivity contribution in [2.75, 3.05) is 17.7 Å². The second kappa shape index (κ2) is 6.17. The first kappa shape index (κ1) is 17.8. The maximum atomic E-state index is 12.0. The van der Waals surface area contributed by atoms with Crippen molar-refractivity contribution in [2.24, 2.45) is 0 Å². The van der Waals surface area contributed by atoms with E-state index in [1.54, 1.807) is 24.3 Å². The number of hydrogen-bond acceptors (Lipinski definition) is 5. The maximum Gasteiger partial charge on any atom is 0.414 e. The molecule has 0 aliphatic carbocycles. The van der Waals surface area contributed by atoms with Crippen molar-refractivity contribution in [1.29, 1.82) is 0 Å². The van der Waals surface area contributed by atoms with Crippen LogP contribution in [0.1, 0.15) is 18.9 Å². The Balaban J connectivity index is 2.20. The molecule has 7 nitrogen and oxygen atoms in total. The average Bonchev–Trinajstić information content (AvgIpc) is 2.86. The molecule has 0 unspecified atom stereocenters. The number of nitrogens with zero attached hydrogens (tertiary/aromatic N) is 1. The molecule has 0 radical (unpaired) electrons. The normalized spacial score (nSPS) is 20.1. The Morgan fingerprint density at radius 2 is 2.04 bits per heavy atom. The molecule has 0 spiro atoms. The SMILES string of the molecule is C#Cc1ccc(N2C[C@H](C[C@](C)(C(=O)O)S(C)(=O)=O)OC2=O)cc1. The Morgan fingerprint density at radius 3 is 2.50 bits per heavy atom. The first-order valence-corrected chi connectivity index (χ1v) is 8.95. The predicted octanol–water partition coefficient (Wildman–Crippen LogP) is 1.27. The Bertz CT molecular complexity index is 808. The number of ether oxygens (including phenoxy) is 1. The fraction of sp³-hybridized carbons (Fsp3) is 0.375. The number of rotatable bonds is 5. The van der Waals surface area contributed by atoms with E-state index in [4.69, 9.17) is 11.2 Å². The molecule has 1 aliphatic rings. The minimum atomic E-state index is -3.89. The smallest absolute Gasteiger partial charge is 0.414 e. The fourth-order valence-corrected chi connectivity index (χ4v) is 3.21. The summed E-state index contributed by atoms with van der Waals surface area (Å²) in [5.41, 5.74) is 1.19. The highest BCUT2D eigenvalue weighted by Gasteiger charge is 2.48. The highest BCUT2D eigenvalue weighted by Crippen LogP contribution is 2.30. The van der Waals surface area contributed by atoms with Crippen LogP contribution in [0, 0.1) is 12.3 Å². The zero-order chi connectivity index (χ0) is 18.1. The number of carbonyl (C=O) groups is 2. The molecule has 128 valence electrons. The molecule has 0 bridgehead atoms. The van der Waals surface area contributed by atoms with Gasteiger partial charge in [0.1, 0.15) is 6.10 Å². The molecule has 2 atom stereocenters. The van der Waals surface area contributed by atoms with Crippen LogP contribution in [-0.2, 0) is 19.4 Å². The van der Waals surface area contributed by atoms with Gasteiger partial charge in [0.2, 0.25) is 0 Å².